The molecule has 0 radical (unpaired) electrons. The third kappa shape index (κ3) is 6.47. The van der Waals surface area contributed by atoms with Crippen molar-refractivity contribution in [1.82, 2.24) is 19.5 Å². The maximum absolute atomic E-state index is 12.2. The van der Waals surface area contributed by atoms with Gasteiger partial charge in [0.25, 0.3) is 0 Å². The monoisotopic (exact) mass is 346 g/mol. The van der Waals surface area contributed by atoms with Crippen molar-refractivity contribution in [2.75, 3.05) is 12.9 Å². The van der Waals surface area contributed by atoms with Gasteiger partial charge in [-0.25, -0.2) is 13.1 Å². The smallest absolute Gasteiger partial charge is 0.316 e. The summed E-state index contributed by atoms with van der Waals surface area (Å²) in [6, 6.07) is -0.0408. The summed E-state index contributed by atoms with van der Waals surface area (Å²) in [6.07, 6.45) is 6.33. The summed E-state index contributed by atoms with van der Waals surface area (Å²) in [6.45, 7) is 6.50. The second-order valence-electron chi connectivity index (χ2n) is 5.72. The second kappa shape index (κ2) is 9.87. The van der Waals surface area contributed by atoms with Crippen LogP contribution >= 0.6 is 0 Å². The quantitative estimate of drug-likeness (QED) is 0.588. The van der Waals surface area contributed by atoms with Gasteiger partial charge in [0.1, 0.15) is 0 Å². The van der Waals surface area contributed by atoms with Gasteiger partial charge in [-0.05, 0) is 20.3 Å². The number of methoxy groups -OCH3 is 1. The average Bonchev–Trinajstić information content (AvgIpc) is 2.93. The number of hydrogen-bond acceptors (Lipinski definition) is 5. The van der Waals surface area contributed by atoms with E-state index < -0.39 is 16.1 Å². The fraction of sp³-hybridized carbons (Fsp3) is 0.867. The molecule has 0 unspecified atom stereocenters. The van der Waals surface area contributed by atoms with Gasteiger partial charge in [0.2, 0.25) is 10.0 Å². The van der Waals surface area contributed by atoms with Crippen LogP contribution in [0.1, 0.15) is 71.2 Å². The lowest BCUT2D eigenvalue weighted by Crippen LogP contribution is -2.30. The molecule has 0 saturated heterocycles. The molecule has 134 valence electrons. The Morgan fingerprint density at radius 2 is 1.78 bits per heavy atom. The maximum Gasteiger partial charge on any atom is 0.316 e. The summed E-state index contributed by atoms with van der Waals surface area (Å²) in [5.41, 5.74) is 0. The summed E-state index contributed by atoms with van der Waals surface area (Å²) >= 11 is 0. The van der Waals surface area contributed by atoms with Gasteiger partial charge in [0, 0.05) is 6.54 Å². The van der Waals surface area contributed by atoms with Crippen molar-refractivity contribution >= 4 is 10.0 Å². The van der Waals surface area contributed by atoms with Crippen LogP contribution in [-0.4, -0.2) is 36.0 Å². The van der Waals surface area contributed by atoms with Crippen LogP contribution in [0.15, 0.2) is 0 Å². The lowest BCUT2D eigenvalue weighted by molar-refractivity contribution is 0.354. The predicted octanol–water partition coefficient (Wildman–Crippen LogP) is 2.65. The van der Waals surface area contributed by atoms with E-state index in [1.54, 1.807) is 11.5 Å². The number of nitrogens with one attached hydrogen (secondary N) is 1. The first-order valence-electron chi connectivity index (χ1n) is 8.42. The van der Waals surface area contributed by atoms with Gasteiger partial charge in [0.15, 0.2) is 5.82 Å². The predicted molar refractivity (Wildman–Crippen MR) is 91.0 cm³/mol. The highest BCUT2D eigenvalue weighted by Gasteiger charge is 2.21. The van der Waals surface area contributed by atoms with Gasteiger partial charge in [-0.15, -0.1) is 5.10 Å². The number of hydrogen-bond donors (Lipinski definition) is 1. The number of aromatic nitrogens is 3. The SMILES string of the molecule is CCCCCCCCS(=O)(=O)N[C@H](C)c1nnc(OC)n1CC. The highest BCUT2D eigenvalue weighted by Crippen LogP contribution is 2.17. The number of unbranched alkanes of at least 4 members (excludes halogenated alkanes) is 5. The van der Waals surface area contributed by atoms with Crippen molar-refractivity contribution in [1.29, 1.82) is 0 Å². The summed E-state index contributed by atoms with van der Waals surface area (Å²) in [7, 11) is -1.79. The van der Waals surface area contributed by atoms with Crippen molar-refractivity contribution in [2.45, 2.75) is 71.9 Å². The van der Waals surface area contributed by atoms with Crippen molar-refractivity contribution in [2.24, 2.45) is 0 Å². The first kappa shape index (κ1) is 19.9. The third-order valence-corrected chi connectivity index (χ3v) is 5.29. The minimum absolute atomic E-state index is 0.154. The maximum atomic E-state index is 12.2. The Morgan fingerprint density at radius 3 is 2.39 bits per heavy atom. The Bertz CT molecular complexity index is 557. The fourth-order valence-electron chi connectivity index (χ4n) is 2.52. The average molecular weight is 346 g/mol. The van der Waals surface area contributed by atoms with Gasteiger partial charge in [0.05, 0.1) is 18.9 Å². The largest absolute Gasteiger partial charge is 0.467 e. The van der Waals surface area contributed by atoms with Crippen LogP contribution in [0.5, 0.6) is 6.01 Å². The Morgan fingerprint density at radius 1 is 1.13 bits per heavy atom. The molecular weight excluding hydrogens is 316 g/mol. The van der Waals surface area contributed by atoms with Crippen LogP contribution in [0.3, 0.4) is 0 Å². The molecule has 1 heterocycles. The Kier molecular flexibility index (Phi) is 8.54. The molecule has 0 bridgehead atoms. The molecule has 1 rings (SSSR count). The standard InChI is InChI=1S/C15H30N4O3S/c1-5-7-8-9-10-11-12-23(20,21)18-13(3)14-16-17-15(22-4)19(14)6-2/h13,18H,5-12H2,1-4H3/t13-/m1/s1. The number of nitrogens with zero attached hydrogens (tertiary/aromatic N) is 3. The molecule has 7 nitrogen and oxygen atoms in total. The van der Waals surface area contributed by atoms with Gasteiger partial charge in [-0.3, -0.25) is 4.57 Å². The van der Waals surface area contributed by atoms with Crippen LogP contribution in [0.25, 0.3) is 0 Å². The molecule has 1 N–H and O–H groups in total. The first-order valence-corrected chi connectivity index (χ1v) is 10.1. The van der Waals surface area contributed by atoms with Crippen LogP contribution in [0.2, 0.25) is 0 Å². The molecule has 0 spiro atoms. The van der Waals surface area contributed by atoms with E-state index in [9.17, 15) is 8.42 Å². The van der Waals surface area contributed by atoms with Gasteiger partial charge < -0.3 is 4.74 Å². The van der Waals surface area contributed by atoms with Crippen molar-refractivity contribution in [3.8, 4) is 6.01 Å². The van der Waals surface area contributed by atoms with E-state index in [0.29, 0.717) is 24.8 Å². The van der Waals surface area contributed by atoms with E-state index in [1.807, 2.05) is 6.92 Å². The van der Waals surface area contributed by atoms with E-state index in [0.717, 1.165) is 12.8 Å². The Balaban J connectivity index is 2.51. The zero-order valence-corrected chi connectivity index (χ0v) is 15.5. The van der Waals surface area contributed by atoms with E-state index in [-0.39, 0.29) is 5.75 Å². The molecule has 0 fully saturated rings. The van der Waals surface area contributed by atoms with Crippen molar-refractivity contribution in [3.63, 3.8) is 0 Å². The molecule has 0 aliphatic rings. The number of rotatable bonds is 12. The van der Waals surface area contributed by atoms with E-state index in [1.165, 1.54) is 26.4 Å². The van der Waals surface area contributed by atoms with E-state index in [4.69, 9.17) is 4.74 Å². The molecule has 1 aromatic rings. The topological polar surface area (TPSA) is 86.1 Å². The summed E-state index contributed by atoms with van der Waals surface area (Å²) in [5.74, 6) is 0.719. The molecule has 0 aliphatic carbocycles. The second-order valence-corrected chi connectivity index (χ2v) is 7.59. The molecule has 1 aromatic heterocycles. The first-order chi connectivity index (χ1) is 10.9. The summed E-state index contributed by atoms with van der Waals surface area (Å²) in [4.78, 5) is 0. The third-order valence-electron chi connectivity index (χ3n) is 3.75. The lowest BCUT2D eigenvalue weighted by Gasteiger charge is -2.15. The van der Waals surface area contributed by atoms with Gasteiger partial charge in [-0.2, -0.15) is 0 Å². The molecule has 0 amide bonds. The van der Waals surface area contributed by atoms with E-state index in [2.05, 4.69) is 21.8 Å². The highest BCUT2D eigenvalue weighted by atomic mass is 32.2. The fourth-order valence-corrected chi connectivity index (χ4v) is 3.87. The Labute approximate surface area is 139 Å². The molecular formula is C15H30N4O3S. The van der Waals surface area contributed by atoms with Gasteiger partial charge in [-0.1, -0.05) is 44.1 Å². The highest BCUT2D eigenvalue weighted by molar-refractivity contribution is 7.89. The zero-order valence-electron chi connectivity index (χ0n) is 14.7. The molecule has 8 heteroatoms. The minimum Gasteiger partial charge on any atom is -0.467 e. The van der Waals surface area contributed by atoms with Gasteiger partial charge >= 0.3 is 6.01 Å². The van der Waals surface area contributed by atoms with E-state index >= 15 is 0 Å². The molecule has 0 aliphatic heterocycles. The molecule has 0 saturated carbocycles. The Hall–Kier alpha value is -1.15. The molecule has 0 aromatic carbocycles. The van der Waals surface area contributed by atoms with Crippen molar-refractivity contribution in [3.05, 3.63) is 5.82 Å². The van der Waals surface area contributed by atoms with Crippen LogP contribution in [-0.2, 0) is 16.6 Å². The number of sulfonamides is 1. The minimum atomic E-state index is -3.32. The van der Waals surface area contributed by atoms with Crippen LogP contribution in [0.4, 0.5) is 0 Å². The normalized spacial score (nSPS) is 13.2. The van der Waals surface area contributed by atoms with Crippen LogP contribution in [0, 0.1) is 0 Å². The summed E-state index contributed by atoms with van der Waals surface area (Å²) < 4.78 is 33.9. The number of ether oxygens (including phenoxy) is 1. The summed E-state index contributed by atoms with van der Waals surface area (Å²) in [5, 5.41) is 7.95. The molecule has 23 heavy (non-hydrogen) atoms. The van der Waals surface area contributed by atoms with Crippen molar-refractivity contribution < 1.29 is 13.2 Å². The lowest BCUT2D eigenvalue weighted by atomic mass is 10.1. The zero-order chi connectivity index (χ0) is 17.3. The van der Waals surface area contributed by atoms with Crippen LogP contribution < -0.4 is 9.46 Å². The molecule has 1 atom stereocenters.